The Morgan fingerprint density at radius 1 is 1.29 bits per heavy atom. The Bertz CT molecular complexity index is 699. The van der Waals surface area contributed by atoms with E-state index in [1.165, 1.54) is 11.3 Å². The van der Waals surface area contributed by atoms with Crippen LogP contribution in [0.3, 0.4) is 0 Å². The van der Waals surface area contributed by atoms with Crippen molar-refractivity contribution in [2.45, 2.75) is 3.79 Å². The highest BCUT2D eigenvalue weighted by molar-refractivity contribution is 7.14. The van der Waals surface area contributed by atoms with Gasteiger partial charge in [0.2, 0.25) is 6.79 Å². The highest BCUT2D eigenvalue weighted by atomic mass is 35.6. The predicted octanol–water partition coefficient (Wildman–Crippen LogP) is 3.85. The maximum atomic E-state index is 11.6. The summed E-state index contributed by atoms with van der Waals surface area (Å²) in [7, 11) is 0. The Labute approximate surface area is 138 Å². The van der Waals surface area contributed by atoms with Crippen LogP contribution in [0.25, 0.3) is 11.3 Å². The minimum absolute atomic E-state index is 0.209. The minimum Gasteiger partial charge on any atom is -0.454 e. The maximum absolute atomic E-state index is 11.6. The molecule has 0 spiro atoms. The molecule has 0 saturated carbocycles. The molecule has 0 radical (unpaired) electrons. The third-order valence-electron chi connectivity index (χ3n) is 2.65. The lowest BCUT2D eigenvalue weighted by Gasteiger charge is -2.08. The molecule has 0 bridgehead atoms. The number of aromatic nitrogens is 1. The zero-order chi connectivity index (χ0) is 15.0. The first-order chi connectivity index (χ1) is 9.93. The number of anilines is 1. The zero-order valence-electron chi connectivity index (χ0n) is 10.2. The SMILES string of the molecule is O=C(Nc1nc(-c2ccc3c(c2)OCO3)cs1)C(Cl)(Cl)Cl. The molecule has 0 saturated heterocycles. The standard InChI is InChI=1S/C12H7Cl3N2O3S/c13-12(14,15)10(18)17-11-16-7(4-21-11)6-1-2-8-9(3-6)20-5-19-8/h1-4H,5H2,(H,16,17,18). The number of alkyl halides is 3. The Hall–Kier alpha value is -1.21. The van der Waals surface area contributed by atoms with Crippen LogP contribution in [0.1, 0.15) is 0 Å². The number of carbonyl (C=O) groups is 1. The number of hydrogen-bond acceptors (Lipinski definition) is 5. The minimum atomic E-state index is -2.02. The maximum Gasteiger partial charge on any atom is 0.278 e. The fourth-order valence-corrected chi connectivity index (χ4v) is 2.54. The molecule has 0 atom stereocenters. The highest BCUT2D eigenvalue weighted by Crippen LogP contribution is 2.37. The topological polar surface area (TPSA) is 60.5 Å². The Morgan fingerprint density at radius 3 is 2.81 bits per heavy atom. The first-order valence-electron chi connectivity index (χ1n) is 5.67. The average Bonchev–Trinajstić information content (AvgIpc) is 3.04. The van der Waals surface area contributed by atoms with Crippen LogP contribution < -0.4 is 14.8 Å². The summed E-state index contributed by atoms with van der Waals surface area (Å²) < 4.78 is 8.53. The van der Waals surface area contributed by atoms with Crippen LogP contribution in [0.4, 0.5) is 5.13 Å². The van der Waals surface area contributed by atoms with Crippen LogP contribution in [-0.4, -0.2) is 21.5 Å². The number of fused-ring (bicyclic) bond motifs is 1. The van der Waals surface area contributed by atoms with E-state index in [0.29, 0.717) is 22.3 Å². The third kappa shape index (κ3) is 3.18. The van der Waals surface area contributed by atoms with Crippen LogP contribution in [0.5, 0.6) is 11.5 Å². The number of ether oxygens (including phenoxy) is 2. The van der Waals surface area contributed by atoms with Gasteiger partial charge in [0.25, 0.3) is 9.70 Å². The molecule has 1 amide bonds. The molecule has 110 valence electrons. The highest BCUT2D eigenvalue weighted by Gasteiger charge is 2.31. The van der Waals surface area contributed by atoms with Crippen molar-refractivity contribution in [2.24, 2.45) is 0 Å². The van der Waals surface area contributed by atoms with E-state index < -0.39 is 9.70 Å². The number of amides is 1. The second kappa shape index (κ2) is 5.53. The summed E-state index contributed by atoms with van der Waals surface area (Å²) in [6.07, 6.45) is 0. The van der Waals surface area contributed by atoms with E-state index in [4.69, 9.17) is 44.3 Å². The molecule has 21 heavy (non-hydrogen) atoms. The monoisotopic (exact) mass is 364 g/mol. The number of thiazole rings is 1. The van der Waals surface area contributed by atoms with Gasteiger partial charge in [-0.3, -0.25) is 10.1 Å². The molecule has 1 aliphatic heterocycles. The van der Waals surface area contributed by atoms with Crippen LogP contribution in [0.15, 0.2) is 23.6 Å². The molecular formula is C12H7Cl3N2O3S. The summed E-state index contributed by atoms with van der Waals surface area (Å²) in [6, 6.07) is 5.47. The molecule has 9 heteroatoms. The van der Waals surface area contributed by atoms with E-state index in [9.17, 15) is 4.79 Å². The van der Waals surface area contributed by atoms with Gasteiger partial charge in [-0.25, -0.2) is 4.98 Å². The number of benzene rings is 1. The third-order valence-corrected chi connectivity index (χ3v) is 3.92. The van der Waals surface area contributed by atoms with E-state index >= 15 is 0 Å². The van der Waals surface area contributed by atoms with Crippen molar-refractivity contribution < 1.29 is 14.3 Å². The Morgan fingerprint density at radius 2 is 2.05 bits per heavy atom. The molecule has 0 unspecified atom stereocenters. The molecule has 0 fully saturated rings. The number of hydrogen-bond donors (Lipinski definition) is 1. The van der Waals surface area contributed by atoms with Crippen molar-refractivity contribution in [1.29, 1.82) is 0 Å². The molecular weight excluding hydrogens is 359 g/mol. The van der Waals surface area contributed by atoms with Gasteiger partial charge < -0.3 is 9.47 Å². The predicted molar refractivity (Wildman–Crippen MR) is 82.6 cm³/mol. The molecule has 1 aromatic carbocycles. The summed E-state index contributed by atoms with van der Waals surface area (Å²) in [5.74, 6) is 0.602. The first kappa shape index (κ1) is 14.7. The lowest BCUT2D eigenvalue weighted by Crippen LogP contribution is -2.26. The van der Waals surface area contributed by atoms with Gasteiger partial charge in [0.15, 0.2) is 16.6 Å². The Balaban J connectivity index is 1.80. The summed E-state index contributed by atoms with van der Waals surface area (Å²) >= 11 is 17.7. The number of carbonyl (C=O) groups excluding carboxylic acids is 1. The van der Waals surface area contributed by atoms with Gasteiger partial charge in [-0.2, -0.15) is 0 Å². The number of halogens is 3. The average molecular weight is 366 g/mol. The second-order valence-corrected chi connectivity index (χ2v) is 7.20. The fraction of sp³-hybridized carbons (Fsp3) is 0.167. The molecule has 2 heterocycles. The van der Waals surface area contributed by atoms with Gasteiger partial charge in [-0.05, 0) is 18.2 Å². The van der Waals surface area contributed by atoms with Crippen molar-refractivity contribution in [3.05, 3.63) is 23.6 Å². The number of nitrogens with zero attached hydrogens (tertiary/aromatic N) is 1. The first-order valence-corrected chi connectivity index (χ1v) is 7.68. The summed E-state index contributed by atoms with van der Waals surface area (Å²) in [4.78, 5) is 15.8. The van der Waals surface area contributed by atoms with Crippen LogP contribution in [0, 0.1) is 0 Å². The zero-order valence-corrected chi connectivity index (χ0v) is 13.3. The van der Waals surface area contributed by atoms with Crippen LogP contribution in [0.2, 0.25) is 0 Å². The van der Waals surface area contributed by atoms with Crippen molar-refractivity contribution in [3.63, 3.8) is 0 Å². The largest absolute Gasteiger partial charge is 0.454 e. The van der Waals surface area contributed by atoms with E-state index in [-0.39, 0.29) is 6.79 Å². The van der Waals surface area contributed by atoms with Gasteiger partial charge >= 0.3 is 0 Å². The normalized spacial score (nSPS) is 13.3. The molecule has 5 nitrogen and oxygen atoms in total. The lowest BCUT2D eigenvalue weighted by molar-refractivity contribution is -0.115. The molecule has 1 aliphatic rings. The molecule has 1 aromatic heterocycles. The number of nitrogens with one attached hydrogen (secondary N) is 1. The molecule has 0 aliphatic carbocycles. The van der Waals surface area contributed by atoms with E-state index in [2.05, 4.69) is 10.3 Å². The van der Waals surface area contributed by atoms with Crippen molar-refractivity contribution in [1.82, 2.24) is 4.98 Å². The van der Waals surface area contributed by atoms with E-state index in [0.717, 1.165) is 5.56 Å². The van der Waals surface area contributed by atoms with E-state index in [1.807, 2.05) is 12.1 Å². The van der Waals surface area contributed by atoms with Crippen LogP contribution in [-0.2, 0) is 4.79 Å². The van der Waals surface area contributed by atoms with Crippen LogP contribution >= 0.6 is 46.1 Å². The molecule has 1 N–H and O–H groups in total. The fourth-order valence-electron chi connectivity index (χ4n) is 1.69. The quantitative estimate of drug-likeness (QED) is 0.821. The molecule has 3 rings (SSSR count). The van der Waals surface area contributed by atoms with Crippen molar-refractivity contribution >= 4 is 57.2 Å². The molecule has 2 aromatic rings. The lowest BCUT2D eigenvalue weighted by atomic mass is 10.1. The second-order valence-electron chi connectivity index (χ2n) is 4.06. The summed E-state index contributed by atoms with van der Waals surface area (Å²) in [5, 5.41) is 4.57. The van der Waals surface area contributed by atoms with Gasteiger partial charge in [0, 0.05) is 10.9 Å². The van der Waals surface area contributed by atoms with Crippen molar-refractivity contribution in [2.75, 3.05) is 12.1 Å². The smallest absolute Gasteiger partial charge is 0.278 e. The van der Waals surface area contributed by atoms with Gasteiger partial charge in [-0.15, -0.1) is 11.3 Å². The summed E-state index contributed by atoms with van der Waals surface area (Å²) in [5.41, 5.74) is 1.52. The van der Waals surface area contributed by atoms with Gasteiger partial charge in [-0.1, -0.05) is 34.8 Å². The van der Waals surface area contributed by atoms with E-state index in [1.54, 1.807) is 11.4 Å². The van der Waals surface area contributed by atoms with Gasteiger partial charge in [0.1, 0.15) is 0 Å². The Kier molecular flexibility index (Phi) is 3.88. The van der Waals surface area contributed by atoms with Crippen molar-refractivity contribution in [3.8, 4) is 22.8 Å². The number of rotatable bonds is 2. The van der Waals surface area contributed by atoms with Gasteiger partial charge in [0.05, 0.1) is 5.69 Å². The summed E-state index contributed by atoms with van der Waals surface area (Å²) in [6.45, 7) is 0.209.